The van der Waals surface area contributed by atoms with Gasteiger partial charge in [0.1, 0.15) is 0 Å². The standard InChI is InChI=1S/C15H22N2O7S/c1-23-4-3-5-25(21,22)16-9-14(18)17-13-7-11(10-24-2)6-12(8-13)15(19)20/h6-8,16H,3-5,9-10H2,1-2H3,(H,17,18)(H,19,20). The molecule has 1 amide bonds. The van der Waals surface area contributed by atoms with E-state index in [2.05, 4.69) is 10.0 Å². The van der Waals surface area contributed by atoms with Crippen molar-refractivity contribution >= 4 is 27.6 Å². The first-order valence-corrected chi connectivity index (χ1v) is 9.05. The number of anilines is 1. The maximum absolute atomic E-state index is 11.9. The van der Waals surface area contributed by atoms with Crippen LogP contribution in [0, 0.1) is 0 Å². The van der Waals surface area contributed by atoms with Gasteiger partial charge in [-0.3, -0.25) is 4.79 Å². The molecule has 1 aromatic carbocycles. The Morgan fingerprint density at radius 2 is 1.88 bits per heavy atom. The van der Waals surface area contributed by atoms with Gasteiger partial charge in [0.25, 0.3) is 0 Å². The molecule has 0 spiro atoms. The number of sulfonamides is 1. The van der Waals surface area contributed by atoms with E-state index < -0.39 is 28.4 Å². The molecule has 1 aromatic rings. The molecule has 0 fully saturated rings. The normalized spacial score (nSPS) is 11.3. The summed E-state index contributed by atoms with van der Waals surface area (Å²) in [5.74, 6) is -1.91. The molecule has 0 saturated carbocycles. The number of aromatic carboxylic acids is 1. The second-order valence-corrected chi connectivity index (χ2v) is 7.12. The van der Waals surface area contributed by atoms with Gasteiger partial charge in [0, 0.05) is 26.5 Å². The van der Waals surface area contributed by atoms with Crippen LogP contribution in [0.25, 0.3) is 0 Å². The first kappa shape index (κ1) is 21.0. The van der Waals surface area contributed by atoms with Crippen LogP contribution in [0.15, 0.2) is 18.2 Å². The topological polar surface area (TPSA) is 131 Å². The van der Waals surface area contributed by atoms with Crippen molar-refractivity contribution in [2.75, 3.05) is 38.4 Å². The summed E-state index contributed by atoms with van der Waals surface area (Å²) in [5.41, 5.74) is 0.804. The average molecular weight is 374 g/mol. The van der Waals surface area contributed by atoms with Gasteiger partial charge < -0.3 is 19.9 Å². The molecule has 0 aliphatic rings. The zero-order valence-corrected chi connectivity index (χ0v) is 14.9. The van der Waals surface area contributed by atoms with Crippen LogP contribution in [0.2, 0.25) is 0 Å². The number of hydrogen-bond acceptors (Lipinski definition) is 6. The predicted octanol–water partition coefficient (Wildman–Crippen LogP) is 0.426. The molecule has 0 atom stereocenters. The van der Waals surface area contributed by atoms with E-state index in [1.165, 1.54) is 26.4 Å². The van der Waals surface area contributed by atoms with E-state index >= 15 is 0 Å². The van der Waals surface area contributed by atoms with E-state index in [1.807, 2.05) is 0 Å². The van der Waals surface area contributed by atoms with Crippen LogP contribution < -0.4 is 10.0 Å². The van der Waals surface area contributed by atoms with Crippen molar-refractivity contribution in [2.24, 2.45) is 0 Å². The van der Waals surface area contributed by atoms with E-state index in [4.69, 9.17) is 14.6 Å². The molecule has 9 nitrogen and oxygen atoms in total. The number of amides is 1. The molecule has 0 unspecified atom stereocenters. The van der Waals surface area contributed by atoms with E-state index in [0.29, 0.717) is 18.6 Å². The van der Waals surface area contributed by atoms with Gasteiger partial charge in [-0.05, 0) is 30.2 Å². The zero-order chi connectivity index (χ0) is 18.9. The Morgan fingerprint density at radius 1 is 1.16 bits per heavy atom. The Kier molecular flexibility index (Phi) is 8.49. The number of rotatable bonds is 11. The highest BCUT2D eigenvalue weighted by Crippen LogP contribution is 2.16. The lowest BCUT2D eigenvalue weighted by atomic mass is 10.1. The number of carboxylic acids is 1. The number of carbonyl (C=O) groups is 2. The number of carboxylic acid groups (broad SMARTS) is 1. The predicted molar refractivity (Wildman–Crippen MR) is 91.0 cm³/mol. The van der Waals surface area contributed by atoms with Gasteiger partial charge in [0.2, 0.25) is 15.9 Å². The number of carbonyl (C=O) groups excluding carboxylic acids is 1. The van der Waals surface area contributed by atoms with Crippen LogP contribution in [0.3, 0.4) is 0 Å². The largest absolute Gasteiger partial charge is 0.478 e. The molecule has 25 heavy (non-hydrogen) atoms. The SMILES string of the molecule is COCCCS(=O)(=O)NCC(=O)Nc1cc(COC)cc(C(=O)O)c1. The van der Waals surface area contributed by atoms with E-state index in [1.54, 1.807) is 6.07 Å². The van der Waals surface area contributed by atoms with E-state index in [-0.39, 0.29) is 23.6 Å². The fraction of sp³-hybridized carbons (Fsp3) is 0.467. The van der Waals surface area contributed by atoms with Gasteiger partial charge in [0.05, 0.1) is 24.5 Å². The Morgan fingerprint density at radius 3 is 2.48 bits per heavy atom. The Labute approximate surface area is 146 Å². The lowest BCUT2D eigenvalue weighted by molar-refractivity contribution is -0.115. The van der Waals surface area contributed by atoms with Crippen LogP contribution in [0.5, 0.6) is 0 Å². The van der Waals surface area contributed by atoms with Crippen molar-refractivity contribution in [2.45, 2.75) is 13.0 Å². The maximum atomic E-state index is 11.9. The van der Waals surface area contributed by atoms with Gasteiger partial charge in [0.15, 0.2) is 0 Å². The van der Waals surface area contributed by atoms with Crippen molar-refractivity contribution in [3.8, 4) is 0 Å². The van der Waals surface area contributed by atoms with Crippen molar-refractivity contribution < 1.29 is 32.6 Å². The summed E-state index contributed by atoms with van der Waals surface area (Å²) in [6.07, 6.45) is 0.314. The molecule has 0 radical (unpaired) electrons. The molecule has 1 rings (SSSR count). The Bertz CT molecular complexity index is 704. The summed E-state index contributed by atoms with van der Waals surface area (Å²) >= 11 is 0. The molecule has 0 heterocycles. The highest BCUT2D eigenvalue weighted by molar-refractivity contribution is 7.89. The maximum Gasteiger partial charge on any atom is 0.335 e. The number of methoxy groups -OCH3 is 2. The summed E-state index contributed by atoms with van der Waals surface area (Å²) < 4.78 is 35.3. The number of ether oxygens (including phenoxy) is 2. The van der Waals surface area contributed by atoms with Crippen molar-refractivity contribution in [1.82, 2.24) is 4.72 Å². The molecule has 0 aliphatic carbocycles. The third-order valence-corrected chi connectivity index (χ3v) is 4.46. The minimum atomic E-state index is -3.58. The van der Waals surface area contributed by atoms with Crippen molar-refractivity contribution in [1.29, 1.82) is 0 Å². The van der Waals surface area contributed by atoms with Crippen LogP contribution >= 0.6 is 0 Å². The van der Waals surface area contributed by atoms with Gasteiger partial charge in [-0.15, -0.1) is 0 Å². The van der Waals surface area contributed by atoms with E-state index in [0.717, 1.165) is 0 Å². The smallest absolute Gasteiger partial charge is 0.335 e. The molecular formula is C15H22N2O7S. The number of nitrogens with one attached hydrogen (secondary N) is 2. The summed E-state index contributed by atoms with van der Waals surface area (Å²) in [7, 11) is -0.653. The summed E-state index contributed by atoms with van der Waals surface area (Å²) in [6.45, 7) is 0.0275. The van der Waals surface area contributed by atoms with Gasteiger partial charge in [-0.1, -0.05) is 0 Å². The Hall–Kier alpha value is -2.01. The van der Waals surface area contributed by atoms with Crippen LogP contribution in [-0.2, 0) is 30.9 Å². The second-order valence-electron chi connectivity index (χ2n) is 5.19. The highest BCUT2D eigenvalue weighted by Gasteiger charge is 2.13. The Balaban J connectivity index is 2.68. The zero-order valence-electron chi connectivity index (χ0n) is 14.1. The van der Waals surface area contributed by atoms with Gasteiger partial charge in [-0.25, -0.2) is 17.9 Å². The monoisotopic (exact) mass is 374 g/mol. The molecule has 140 valence electrons. The van der Waals surface area contributed by atoms with Crippen molar-refractivity contribution in [3.05, 3.63) is 29.3 Å². The lowest BCUT2D eigenvalue weighted by Gasteiger charge is -2.10. The third kappa shape index (κ3) is 8.07. The summed E-state index contributed by atoms with van der Waals surface area (Å²) in [6, 6.07) is 4.27. The fourth-order valence-electron chi connectivity index (χ4n) is 1.98. The first-order chi connectivity index (χ1) is 11.8. The lowest BCUT2D eigenvalue weighted by Crippen LogP contribution is -2.34. The molecule has 0 saturated heterocycles. The molecule has 0 aliphatic heterocycles. The molecule has 0 bridgehead atoms. The summed E-state index contributed by atoms with van der Waals surface area (Å²) in [5, 5.41) is 11.6. The third-order valence-electron chi connectivity index (χ3n) is 3.05. The van der Waals surface area contributed by atoms with Crippen LogP contribution in [0.1, 0.15) is 22.3 Å². The minimum absolute atomic E-state index is 0.00926. The average Bonchev–Trinajstić information content (AvgIpc) is 2.53. The fourth-order valence-corrected chi connectivity index (χ4v) is 2.98. The molecule has 3 N–H and O–H groups in total. The quantitative estimate of drug-likeness (QED) is 0.479. The van der Waals surface area contributed by atoms with E-state index in [9.17, 15) is 18.0 Å². The molecule has 10 heteroatoms. The number of hydrogen-bond donors (Lipinski definition) is 3. The second kappa shape index (κ2) is 10.1. The van der Waals surface area contributed by atoms with Gasteiger partial charge >= 0.3 is 5.97 Å². The van der Waals surface area contributed by atoms with Crippen LogP contribution in [-0.4, -0.2) is 58.5 Å². The first-order valence-electron chi connectivity index (χ1n) is 7.39. The minimum Gasteiger partial charge on any atom is -0.478 e. The molecule has 0 aromatic heterocycles. The van der Waals surface area contributed by atoms with Crippen LogP contribution in [0.4, 0.5) is 5.69 Å². The molecular weight excluding hydrogens is 352 g/mol. The van der Waals surface area contributed by atoms with Gasteiger partial charge in [-0.2, -0.15) is 0 Å². The summed E-state index contributed by atoms with van der Waals surface area (Å²) in [4.78, 5) is 23.0. The number of benzene rings is 1. The van der Waals surface area contributed by atoms with Crippen molar-refractivity contribution in [3.63, 3.8) is 0 Å². The highest BCUT2D eigenvalue weighted by atomic mass is 32.2.